The number of aromatic nitrogens is 1. The Hall–Kier alpha value is -1.13. The van der Waals surface area contributed by atoms with Gasteiger partial charge in [0.1, 0.15) is 5.82 Å². The van der Waals surface area contributed by atoms with Crippen LogP contribution in [-0.2, 0) is 6.42 Å². The summed E-state index contributed by atoms with van der Waals surface area (Å²) in [5.41, 5.74) is 6.09. The van der Waals surface area contributed by atoms with E-state index in [0.29, 0.717) is 18.8 Å². The maximum Gasteiger partial charge on any atom is 0.126 e. The average Bonchev–Trinajstić information content (AvgIpc) is 2.21. The second kappa shape index (κ2) is 4.39. The van der Waals surface area contributed by atoms with Gasteiger partial charge in [0.05, 0.1) is 5.60 Å². The Morgan fingerprint density at radius 1 is 1.62 bits per heavy atom. The lowest BCUT2D eigenvalue weighted by atomic mass is 9.87. The van der Waals surface area contributed by atoms with Crippen molar-refractivity contribution >= 4 is 5.82 Å². The number of piperidine rings is 1. The number of nitrogens with two attached hydrogens (primary N) is 1. The quantitative estimate of drug-likeness (QED) is 0.770. The minimum absolute atomic E-state index is 0.532. The Bertz CT molecular complexity index is 369. The number of rotatable bonds is 2. The zero-order valence-corrected chi connectivity index (χ0v) is 9.69. The number of likely N-dealkylation sites (N-methyl/N-ethyl adjacent to an activating group) is 1. The predicted octanol–water partition coefficient (Wildman–Crippen LogP) is 0.663. The molecule has 4 nitrogen and oxygen atoms in total. The van der Waals surface area contributed by atoms with Crippen LogP contribution in [0.2, 0.25) is 0 Å². The fourth-order valence-corrected chi connectivity index (χ4v) is 2.44. The molecular weight excluding hydrogens is 202 g/mol. The molecule has 0 amide bonds. The zero-order chi connectivity index (χ0) is 11.6. The largest absolute Gasteiger partial charge is 0.388 e. The van der Waals surface area contributed by atoms with E-state index in [1.807, 2.05) is 19.2 Å². The van der Waals surface area contributed by atoms with E-state index in [0.717, 1.165) is 24.9 Å². The lowest BCUT2D eigenvalue weighted by Gasteiger charge is -2.37. The summed E-state index contributed by atoms with van der Waals surface area (Å²) in [4.78, 5) is 6.21. The zero-order valence-electron chi connectivity index (χ0n) is 9.69. The van der Waals surface area contributed by atoms with Crippen LogP contribution in [-0.4, -0.2) is 40.7 Å². The Labute approximate surface area is 96.1 Å². The second-order valence-corrected chi connectivity index (χ2v) is 4.79. The Kier molecular flexibility index (Phi) is 3.12. The molecule has 0 aliphatic carbocycles. The first-order valence-corrected chi connectivity index (χ1v) is 5.69. The molecule has 2 rings (SSSR count). The van der Waals surface area contributed by atoms with E-state index < -0.39 is 5.60 Å². The number of likely N-dealkylation sites (tertiary alicyclic amines) is 1. The number of anilines is 1. The van der Waals surface area contributed by atoms with E-state index in [9.17, 15) is 5.11 Å². The molecule has 4 heteroatoms. The Morgan fingerprint density at radius 3 is 3.12 bits per heavy atom. The van der Waals surface area contributed by atoms with Crippen LogP contribution in [0.25, 0.3) is 0 Å². The van der Waals surface area contributed by atoms with Crippen molar-refractivity contribution in [2.24, 2.45) is 0 Å². The number of hydrogen-bond donors (Lipinski definition) is 2. The predicted molar refractivity (Wildman–Crippen MR) is 64.0 cm³/mol. The molecule has 0 aromatic carbocycles. The number of nitrogens with zero attached hydrogens (tertiary/aromatic N) is 2. The molecule has 0 spiro atoms. The number of β-amino-alcohol motifs (C(OH)–C–C–N with tert-alkyl or cyclic N) is 1. The highest BCUT2D eigenvalue weighted by Crippen LogP contribution is 2.25. The fourth-order valence-electron chi connectivity index (χ4n) is 2.44. The van der Waals surface area contributed by atoms with Gasteiger partial charge in [0.2, 0.25) is 0 Å². The summed E-state index contributed by atoms with van der Waals surface area (Å²) in [6.07, 6.45) is 4.14. The molecule has 3 N–H and O–H groups in total. The molecule has 0 saturated carbocycles. The molecular formula is C12H19N3O. The van der Waals surface area contributed by atoms with Crippen LogP contribution >= 0.6 is 0 Å². The van der Waals surface area contributed by atoms with E-state index >= 15 is 0 Å². The maximum atomic E-state index is 10.5. The van der Waals surface area contributed by atoms with Crippen LogP contribution in [0.3, 0.4) is 0 Å². The van der Waals surface area contributed by atoms with Crippen molar-refractivity contribution in [2.75, 3.05) is 25.9 Å². The van der Waals surface area contributed by atoms with Crippen LogP contribution < -0.4 is 5.73 Å². The topological polar surface area (TPSA) is 62.4 Å². The van der Waals surface area contributed by atoms with Crippen LogP contribution in [0.1, 0.15) is 18.4 Å². The van der Waals surface area contributed by atoms with Crippen molar-refractivity contribution < 1.29 is 5.11 Å². The van der Waals surface area contributed by atoms with Gasteiger partial charge in [-0.2, -0.15) is 0 Å². The van der Waals surface area contributed by atoms with Gasteiger partial charge in [-0.3, -0.25) is 0 Å². The van der Waals surface area contributed by atoms with Crippen molar-refractivity contribution in [3.63, 3.8) is 0 Å². The van der Waals surface area contributed by atoms with E-state index in [-0.39, 0.29) is 0 Å². The van der Waals surface area contributed by atoms with Gasteiger partial charge in [0.25, 0.3) is 0 Å². The molecule has 1 aliphatic heterocycles. The normalized spacial score (nSPS) is 26.9. The van der Waals surface area contributed by atoms with E-state index in [1.54, 1.807) is 6.20 Å². The molecule has 16 heavy (non-hydrogen) atoms. The molecule has 1 atom stereocenters. The van der Waals surface area contributed by atoms with Crippen molar-refractivity contribution in [3.05, 3.63) is 23.9 Å². The highest BCUT2D eigenvalue weighted by molar-refractivity contribution is 5.39. The van der Waals surface area contributed by atoms with Gasteiger partial charge in [-0.05, 0) is 38.1 Å². The van der Waals surface area contributed by atoms with Gasteiger partial charge in [-0.15, -0.1) is 0 Å². The summed E-state index contributed by atoms with van der Waals surface area (Å²) in [6, 6.07) is 3.80. The average molecular weight is 221 g/mol. The van der Waals surface area contributed by atoms with Crippen molar-refractivity contribution in [3.8, 4) is 0 Å². The number of hydrogen-bond acceptors (Lipinski definition) is 4. The molecule has 1 saturated heterocycles. The first-order valence-electron chi connectivity index (χ1n) is 5.69. The molecule has 88 valence electrons. The third-order valence-corrected chi connectivity index (χ3v) is 3.19. The van der Waals surface area contributed by atoms with Gasteiger partial charge in [0.15, 0.2) is 0 Å². The summed E-state index contributed by atoms with van der Waals surface area (Å²) in [5.74, 6) is 0.532. The van der Waals surface area contributed by atoms with Gasteiger partial charge in [0, 0.05) is 19.2 Å². The Balaban J connectivity index is 2.11. The molecule has 1 aliphatic rings. The summed E-state index contributed by atoms with van der Waals surface area (Å²) >= 11 is 0. The third kappa shape index (κ3) is 2.51. The van der Waals surface area contributed by atoms with Crippen LogP contribution in [0.5, 0.6) is 0 Å². The molecule has 0 bridgehead atoms. The van der Waals surface area contributed by atoms with Crippen molar-refractivity contribution in [2.45, 2.75) is 24.9 Å². The van der Waals surface area contributed by atoms with Gasteiger partial charge >= 0.3 is 0 Å². The van der Waals surface area contributed by atoms with Gasteiger partial charge < -0.3 is 15.7 Å². The summed E-state index contributed by atoms with van der Waals surface area (Å²) in [5, 5.41) is 10.5. The summed E-state index contributed by atoms with van der Waals surface area (Å²) in [7, 11) is 2.04. The molecule has 1 aromatic heterocycles. The van der Waals surface area contributed by atoms with Crippen molar-refractivity contribution in [1.82, 2.24) is 9.88 Å². The van der Waals surface area contributed by atoms with Crippen molar-refractivity contribution in [1.29, 1.82) is 0 Å². The van der Waals surface area contributed by atoms with Gasteiger partial charge in [-0.25, -0.2) is 4.98 Å². The lowest BCUT2D eigenvalue weighted by Crippen LogP contribution is -2.47. The van der Waals surface area contributed by atoms with Gasteiger partial charge in [-0.1, -0.05) is 6.07 Å². The number of nitrogen functional groups attached to an aromatic ring is 1. The second-order valence-electron chi connectivity index (χ2n) is 4.79. The highest BCUT2D eigenvalue weighted by atomic mass is 16.3. The molecule has 1 aromatic rings. The summed E-state index contributed by atoms with van der Waals surface area (Å²) in [6.45, 7) is 1.77. The van der Waals surface area contributed by atoms with E-state index in [1.165, 1.54) is 0 Å². The van der Waals surface area contributed by atoms with E-state index in [2.05, 4.69) is 9.88 Å². The summed E-state index contributed by atoms with van der Waals surface area (Å²) < 4.78 is 0. The lowest BCUT2D eigenvalue weighted by molar-refractivity contribution is -0.0223. The highest BCUT2D eigenvalue weighted by Gasteiger charge is 2.32. The molecule has 1 unspecified atom stereocenters. The third-order valence-electron chi connectivity index (χ3n) is 3.19. The number of aliphatic hydroxyl groups is 1. The minimum atomic E-state index is -0.649. The standard InChI is InChI=1S/C12H19N3O/c1-15-7-3-5-12(16,9-15)8-10-4-2-6-14-11(10)13/h2,4,6,16H,3,5,7-9H2,1H3,(H2,13,14). The first-order chi connectivity index (χ1) is 7.59. The SMILES string of the molecule is CN1CCCC(O)(Cc2cccnc2N)C1. The van der Waals surface area contributed by atoms with Crippen LogP contribution in [0, 0.1) is 0 Å². The maximum absolute atomic E-state index is 10.5. The van der Waals surface area contributed by atoms with Crippen LogP contribution in [0.4, 0.5) is 5.82 Å². The monoisotopic (exact) mass is 221 g/mol. The smallest absolute Gasteiger partial charge is 0.126 e. The van der Waals surface area contributed by atoms with Crippen LogP contribution in [0.15, 0.2) is 18.3 Å². The fraction of sp³-hybridized carbons (Fsp3) is 0.583. The minimum Gasteiger partial charge on any atom is -0.388 e. The van der Waals surface area contributed by atoms with E-state index in [4.69, 9.17) is 5.73 Å². The number of pyridine rings is 1. The molecule has 0 radical (unpaired) electrons. The Morgan fingerprint density at radius 2 is 2.44 bits per heavy atom. The molecule has 2 heterocycles. The first kappa shape index (κ1) is 11.4. The molecule has 1 fully saturated rings.